The van der Waals surface area contributed by atoms with Crippen LogP contribution in [0.4, 0.5) is 5.13 Å². The number of thiazole rings is 1. The molecule has 3 saturated carbocycles. The van der Waals surface area contributed by atoms with Crippen LogP contribution in [0.25, 0.3) is 22.3 Å². The largest absolute Gasteiger partial charge is 0.491 e. The smallest absolute Gasteiger partial charge is 0.312 e. The molecule has 5 fully saturated rings. The van der Waals surface area contributed by atoms with E-state index in [1.165, 1.54) is 44.1 Å². The van der Waals surface area contributed by atoms with E-state index in [1.54, 1.807) is 11.0 Å². The lowest BCUT2D eigenvalue weighted by molar-refractivity contribution is -0.157. The molecule has 1 amide bonds. The van der Waals surface area contributed by atoms with Crippen LogP contribution < -0.4 is 14.8 Å². The number of benzene rings is 1. The maximum Gasteiger partial charge on any atom is 0.312 e. The SMILES string of the molecule is C=C[C@@H]1CC1(CC(=O)[C@@H]1C[C@@H](Oc2cc(-c3csc(NC(C)C)n3)nc3c(Cl)c(OCCN4CCCCC4)ccc23)CN1C(=O)[C@@H](CC(=O)OC1C[C@@H]2C[C@@H]2C1)C(C)(C)C)C(=O)OC. The fraction of sp³-hybridized carbons (Fsp3) is 0.633. The number of nitrogens with one attached hydrogen (secondary N) is 1. The number of ketones is 1. The minimum absolute atomic E-state index is 0.0721. The van der Waals surface area contributed by atoms with E-state index < -0.39 is 40.8 Å². The molecule has 346 valence electrons. The Kier molecular flexibility index (Phi) is 13.7. The number of hydrogen-bond donors (Lipinski definition) is 1. The van der Waals surface area contributed by atoms with Gasteiger partial charge in [0.1, 0.15) is 41.0 Å². The molecule has 2 aliphatic heterocycles. The Hall–Kier alpha value is -4.27. The van der Waals surface area contributed by atoms with Crippen molar-refractivity contribution in [3.63, 3.8) is 0 Å². The third-order valence-electron chi connectivity index (χ3n) is 14.1. The first-order valence-electron chi connectivity index (χ1n) is 23.2. The van der Waals surface area contributed by atoms with Gasteiger partial charge in [0.25, 0.3) is 0 Å². The number of allylic oxidation sites excluding steroid dienone is 1. The van der Waals surface area contributed by atoms with E-state index in [4.69, 9.17) is 40.5 Å². The van der Waals surface area contributed by atoms with Gasteiger partial charge in [0.2, 0.25) is 5.91 Å². The fourth-order valence-corrected chi connectivity index (χ4v) is 11.4. The van der Waals surface area contributed by atoms with E-state index in [2.05, 4.69) is 16.8 Å². The number of fused-ring (bicyclic) bond motifs is 2. The number of halogens is 1. The number of carbonyl (C=O) groups excluding carboxylic acids is 4. The van der Waals surface area contributed by atoms with Crippen molar-refractivity contribution in [2.24, 2.45) is 34.5 Å². The first kappa shape index (κ1) is 46.3. The van der Waals surface area contributed by atoms with Crippen molar-refractivity contribution >= 4 is 62.6 Å². The van der Waals surface area contributed by atoms with Crippen molar-refractivity contribution in [2.75, 3.05) is 45.2 Å². The van der Waals surface area contributed by atoms with Crippen LogP contribution in [0.2, 0.25) is 5.02 Å². The van der Waals surface area contributed by atoms with E-state index in [0.717, 1.165) is 37.6 Å². The van der Waals surface area contributed by atoms with Crippen molar-refractivity contribution in [3.05, 3.63) is 41.3 Å². The summed E-state index contributed by atoms with van der Waals surface area (Å²) in [6.07, 6.45) is 7.91. The second-order valence-corrected chi connectivity index (χ2v) is 21.4. The van der Waals surface area contributed by atoms with Gasteiger partial charge in [-0.25, -0.2) is 9.97 Å². The van der Waals surface area contributed by atoms with Crippen molar-refractivity contribution < 1.29 is 38.1 Å². The Bertz CT molecular complexity index is 2240. The second-order valence-electron chi connectivity index (χ2n) is 20.1. The first-order valence-corrected chi connectivity index (χ1v) is 24.4. The molecule has 1 N–H and O–H groups in total. The standard InChI is InChI=1S/C49H64ClN5O8S/c1-8-31-24-49(31,46(59)60-7)25-39(56)38-21-33(26-55(38)45(58)35(48(4,5)6)22-42(57)63-32-19-29-18-30(29)20-32)62-41-23-36(37-27-64-47(53-37)51-28(2)3)52-44-34(41)12-13-40(43(44)50)61-17-16-54-14-10-9-11-15-54/h8,12-13,23,27-33,35,38H,1,9-11,14-22,24-26H2,2-7H3,(H,51,53)/t29-,30+,31-,32?,33-,35-,38+,49?/m1/s1. The zero-order chi connectivity index (χ0) is 45.5. The highest BCUT2D eigenvalue weighted by Gasteiger charge is 2.61. The van der Waals surface area contributed by atoms with Crippen molar-refractivity contribution in [1.82, 2.24) is 19.8 Å². The lowest BCUT2D eigenvalue weighted by Crippen LogP contribution is -2.48. The van der Waals surface area contributed by atoms with Crippen LogP contribution in [0.5, 0.6) is 11.5 Å². The van der Waals surface area contributed by atoms with Gasteiger partial charge in [-0.1, -0.05) is 44.9 Å². The van der Waals surface area contributed by atoms with E-state index >= 15 is 0 Å². The molecule has 5 aliphatic rings. The molecule has 0 bridgehead atoms. The number of likely N-dealkylation sites (tertiary alicyclic amines) is 2. The molecule has 15 heteroatoms. The van der Waals surface area contributed by atoms with Gasteiger partial charge in [0, 0.05) is 42.3 Å². The van der Waals surface area contributed by atoms with E-state index in [0.29, 0.717) is 63.7 Å². The number of esters is 2. The summed E-state index contributed by atoms with van der Waals surface area (Å²) < 4.78 is 24.3. The Morgan fingerprint density at radius 3 is 2.44 bits per heavy atom. The molecule has 2 saturated heterocycles. The Morgan fingerprint density at radius 2 is 1.77 bits per heavy atom. The molecule has 8 rings (SSSR count). The second kappa shape index (κ2) is 18.9. The zero-order valence-corrected chi connectivity index (χ0v) is 39.7. The summed E-state index contributed by atoms with van der Waals surface area (Å²) >= 11 is 8.63. The van der Waals surface area contributed by atoms with Gasteiger partial charge < -0.3 is 29.2 Å². The van der Waals surface area contributed by atoms with Crippen LogP contribution in [0.1, 0.15) is 98.8 Å². The topological polar surface area (TPSA) is 149 Å². The van der Waals surface area contributed by atoms with Gasteiger partial charge in [-0.2, -0.15) is 0 Å². The molecular weight excluding hydrogens is 854 g/mol. The molecule has 8 atom stereocenters. The lowest BCUT2D eigenvalue weighted by Gasteiger charge is -2.35. The molecule has 0 spiro atoms. The summed E-state index contributed by atoms with van der Waals surface area (Å²) in [5.41, 5.74) is -0.0304. The molecule has 2 unspecified atom stereocenters. The first-order chi connectivity index (χ1) is 30.6. The normalized spacial score (nSPS) is 26.9. The summed E-state index contributed by atoms with van der Waals surface area (Å²) in [5.74, 6) is -0.196. The highest BCUT2D eigenvalue weighted by Crippen LogP contribution is 2.57. The van der Waals surface area contributed by atoms with Crippen molar-refractivity contribution in [3.8, 4) is 22.9 Å². The van der Waals surface area contributed by atoms with Crippen molar-refractivity contribution in [1.29, 1.82) is 0 Å². The summed E-state index contributed by atoms with van der Waals surface area (Å²) in [7, 11) is 1.32. The Balaban J connectivity index is 1.10. The van der Waals surface area contributed by atoms with Gasteiger partial charge >= 0.3 is 11.9 Å². The molecule has 3 aromatic rings. The third kappa shape index (κ3) is 10.1. The summed E-state index contributed by atoms with van der Waals surface area (Å²) in [6.45, 7) is 17.3. The highest BCUT2D eigenvalue weighted by atomic mass is 35.5. The maximum absolute atomic E-state index is 15.0. The molecule has 0 radical (unpaired) electrons. The number of pyridine rings is 1. The Labute approximate surface area is 386 Å². The molecule has 1 aromatic carbocycles. The number of amides is 1. The highest BCUT2D eigenvalue weighted by molar-refractivity contribution is 7.14. The van der Waals surface area contributed by atoms with Gasteiger partial charge in [-0.05, 0) is 101 Å². The molecular formula is C49H64ClN5O8S. The van der Waals surface area contributed by atoms with E-state index in [1.807, 2.05) is 58.2 Å². The summed E-state index contributed by atoms with van der Waals surface area (Å²) in [6, 6.07) is 4.80. The monoisotopic (exact) mass is 917 g/mol. The number of hydrogen-bond acceptors (Lipinski definition) is 13. The Morgan fingerprint density at radius 1 is 1.02 bits per heavy atom. The molecule has 64 heavy (non-hydrogen) atoms. The van der Waals surface area contributed by atoms with Crippen LogP contribution >= 0.6 is 22.9 Å². The molecule has 2 aromatic heterocycles. The average Bonchev–Trinajstić information content (AvgIpc) is 3.92. The summed E-state index contributed by atoms with van der Waals surface area (Å²) in [4.78, 5) is 70.1. The quantitative estimate of drug-likeness (QED) is 0.0961. The molecule has 4 heterocycles. The zero-order valence-electron chi connectivity index (χ0n) is 38.2. The van der Waals surface area contributed by atoms with Crippen molar-refractivity contribution in [2.45, 2.75) is 123 Å². The van der Waals surface area contributed by atoms with Gasteiger partial charge in [0.05, 0.1) is 48.7 Å². The number of ether oxygens (including phenoxy) is 4. The van der Waals surface area contributed by atoms with Crippen LogP contribution in [0, 0.1) is 34.5 Å². The minimum atomic E-state index is -1.03. The predicted molar refractivity (Wildman–Crippen MR) is 248 cm³/mol. The van der Waals surface area contributed by atoms with E-state index in [-0.39, 0.29) is 55.6 Å². The number of piperidine rings is 1. The third-order valence-corrected chi connectivity index (χ3v) is 15.2. The lowest BCUT2D eigenvalue weighted by atomic mass is 9.77. The van der Waals surface area contributed by atoms with Crippen LogP contribution in [0.15, 0.2) is 36.2 Å². The average molecular weight is 919 g/mol. The fourth-order valence-electron chi connectivity index (χ4n) is 10.2. The number of nitrogens with zero attached hydrogens (tertiary/aromatic N) is 4. The number of aromatic nitrogens is 2. The number of Topliss-reactive ketones (excluding diaryl/α,β-unsaturated/α-hetero) is 1. The maximum atomic E-state index is 15.0. The molecule has 13 nitrogen and oxygen atoms in total. The van der Waals surface area contributed by atoms with Crippen LogP contribution in [-0.2, 0) is 28.7 Å². The van der Waals surface area contributed by atoms with Gasteiger partial charge in [-0.15, -0.1) is 17.9 Å². The minimum Gasteiger partial charge on any atom is -0.491 e. The number of anilines is 1. The van der Waals surface area contributed by atoms with Crippen LogP contribution in [-0.4, -0.2) is 108 Å². The van der Waals surface area contributed by atoms with Gasteiger partial charge in [-0.3, -0.25) is 24.1 Å². The predicted octanol–water partition coefficient (Wildman–Crippen LogP) is 8.76. The van der Waals surface area contributed by atoms with E-state index in [9.17, 15) is 19.2 Å². The van der Waals surface area contributed by atoms with Gasteiger partial charge in [0.15, 0.2) is 10.9 Å². The number of methoxy groups -OCH3 is 1. The number of carbonyl (C=O) groups is 4. The molecule has 3 aliphatic carbocycles. The van der Waals surface area contributed by atoms with Crippen LogP contribution in [0.3, 0.4) is 0 Å². The number of rotatable bonds is 18. The summed E-state index contributed by atoms with van der Waals surface area (Å²) in [5, 5.41) is 7.02.